The van der Waals surface area contributed by atoms with Crippen LogP contribution < -0.4 is 4.90 Å². The molecule has 19 heavy (non-hydrogen) atoms. The summed E-state index contributed by atoms with van der Waals surface area (Å²) in [6.07, 6.45) is 0.166. The lowest BCUT2D eigenvalue weighted by molar-refractivity contribution is -0.126. The van der Waals surface area contributed by atoms with E-state index in [1.807, 2.05) is 24.9 Å². The maximum atomic E-state index is 13.0. The van der Waals surface area contributed by atoms with Crippen LogP contribution in [0.2, 0.25) is 0 Å². The van der Waals surface area contributed by atoms with Gasteiger partial charge in [0.15, 0.2) is 0 Å². The van der Waals surface area contributed by atoms with Crippen molar-refractivity contribution >= 4 is 11.6 Å². The Morgan fingerprint density at radius 2 is 2.05 bits per heavy atom. The number of anilines is 1. The third-order valence-electron chi connectivity index (χ3n) is 3.44. The molecule has 0 saturated carbocycles. The van der Waals surface area contributed by atoms with Crippen molar-refractivity contribution in [1.82, 2.24) is 4.90 Å². The van der Waals surface area contributed by atoms with E-state index in [0.717, 1.165) is 0 Å². The third-order valence-corrected chi connectivity index (χ3v) is 3.44. The number of nitriles is 1. The Kier molecular flexibility index (Phi) is 3.82. The second-order valence-electron chi connectivity index (χ2n) is 4.85. The predicted molar refractivity (Wildman–Crippen MR) is 70.0 cm³/mol. The van der Waals surface area contributed by atoms with Gasteiger partial charge < -0.3 is 4.90 Å². The fourth-order valence-corrected chi connectivity index (χ4v) is 2.50. The van der Waals surface area contributed by atoms with Gasteiger partial charge in [0.1, 0.15) is 11.9 Å². The number of likely N-dealkylation sites (N-methyl/N-ethyl adjacent to an activating group) is 1. The van der Waals surface area contributed by atoms with Gasteiger partial charge in [-0.2, -0.15) is 5.26 Å². The summed E-state index contributed by atoms with van der Waals surface area (Å²) < 4.78 is 13.0. The van der Waals surface area contributed by atoms with E-state index in [9.17, 15) is 9.18 Å². The van der Waals surface area contributed by atoms with E-state index in [-0.39, 0.29) is 24.2 Å². The van der Waals surface area contributed by atoms with Crippen LogP contribution in [0.25, 0.3) is 0 Å². The first kappa shape index (κ1) is 13.5. The zero-order chi connectivity index (χ0) is 14.0. The first-order valence-electron chi connectivity index (χ1n) is 6.20. The van der Waals surface area contributed by atoms with E-state index in [1.165, 1.54) is 12.1 Å². The van der Waals surface area contributed by atoms with E-state index in [1.54, 1.807) is 17.0 Å². The summed E-state index contributed by atoms with van der Waals surface area (Å²) in [6.45, 7) is 2.63. The second-order valence-corrected chi connectivity index (χ2v) is 4.85. The Hall–Kier alpha value is -1.93. The molecule has 5 heteroatoms. The molecule has 1 heterocycles. The van der Waals surface area contributed by atoms with Crippen LogP contribution in [0.1, 0.15) is 13.3 Å². The van der Waals surface area contributed by atoms with E-state index in [2.05, 4.69) is 0 Å². The molecule has 1 aromatic rings. The highest BCUT2D eigenvalue weighted by Gasteiger charge is 2.37. The average molecular weight is 261 g/mol. The minimum atomic E-state index is -0.425. The molecule has 1 aliphatic rings. The summed E-state index contributed by atoms with van der Waals surface area (Å²) in [7, 11) is 1.85. The Balaban J connectivity index is 2.30. The van der Waals surface area contributed by atoms with Gasteiger partial charge in [-0.05, 0) is 38.2 Å². The van der Waals surface area contributed by atoms with Crippen molar-refractivity contribution in [3.8, 4) is 6.07 Å². The molecule has 0 bridgehead atoms. The molecule has 0 aliphatic carbocycles. The van der Waals surface area contributed by atoms with Crippen LogP contribution in [-0.2, 0) is 4.79 Å². The van der Waals surface area contributed by atoms with Crippen molar-refractivity contribution in [2.24, 2.45) is 0 Å². The monoisotopic (exact) mass is 261 g/mol. The van der Waals surface area contributed by atoms with Crippen LogP contribution in [0, 0.1) is 17.1 Å². The fraction of sp³-hybridized carbons (Fsp3) is 0.429. The van der Waals surface area contributed by atoms with Crippen molar-refractivity contribution in [3.63, 3.8) is 0 Å². The van der Waals surface area contributed by atoms with Crippen LogP contribution in [0.4, 0.5) is 10.1 Å². The average Bonchev–Trinajstić information content (AvgIpc) is 2.36. The van der Waals surface area contributed by atoms with Crippen molar-refractivity contribution < 1.29 is 9.18 Å². The van der Waals surface area contributed by atoms with Gasteiger partial charge >= 0.3 is 0 Å². The highest BCUT2D eigenvalue weighted by molar-refractivity contribution is 5.98. The third kappa shape index (κ3) is 2.59. The Morgan fingerprint density at radius 1 is 1.42 bits per heavy atom. The molecule has 2 rings (SSSR count). The molecule has 1 saturated heterocycles. The van der Waals surface area contributed by atoms with Gasteiger partial charge in [0.25, 0.3) is 0 Å². The maximum Gasteiger partial charge on any atom is 0.245 e. The minimum absolute atomic E-state index is 0.00194. The molecule has 0 N–H and O–H groups in total. The normalized spacial score (nSPS) is 24.3. The predicted octanol–water partition coefficient (Wildman–Crippen LogP) is 1.77. The summed E-state index contributed by atoms with van der Waals surface area (Å²) in [4.78, 5) is 16.0. The molecule has 2 unspecified atom stereocenters. The van der Waals surface area contributed by atoms with Crippen molar-refractivity contribution in [1.29, 1.82) is 5.26 Å². The van der Waals surface area contributed by atoms with E-state index >= 15 is 0 Å². The van der Waals surface area contributed by atoms with Crippen molar-refractivity contribution in [3.05, 3.63) is 30.1 Å². The molecule has 1 aromatic carbocycles. The van der Waals surface area contributed by atoms with Gasteiger partial charge in [-0.15, -0.1) is 0 Å². The first-order valence-corrected chi connectivity index (χ1v) is 6.20. The van der Waals surface area contributed by atoms with Crippen molar-refractivity contribution in [2.45, 2.75) is 25.4 Å². The lowest BCUT2D eigenvalue weighted by Crippen LogP contribution is -2.59. The molecule has 0 radical (unpaired) electrons. The molecule has 0 spiro atoms. The lowest BCUT2D eigenvalue weighted by Gasteiger charge is -2.42. The summed E-state index contributed by atoms with van der Waals surface area (Å²) in [5.74, 6) is -0.430. The number of piperazine rings is 1. The van der Waals surface area contributed by atoms with Gasteiger partial charge in [0, 0.05) is 18.3 Å². The molecule has 4 nitrogen and oxygen atoms in total. The van der Waals surface area contributed by atoms with Crippen LogP contribution in [-0.4, -0.2) is 36.5 Å². The number of carbonyl (C=O) groups is 1. The van der Waals surface area contributed by atoms with Gasteiger partial charge in [-0.1, -0.05) is 0 Å². The number of benzene rings is 1. The fourth-order valence-electron chi connectivity index (χ4n) is 2.50. The summed E-state index contributed by atoms with van der Waals surface area (Å²) in [5.41, 5.74) is 0.676. The molecule has 0 aromatic heterocycles. The lowest BCUT2D eigenvalue weighted by atomic mass is 10.0. The van der Waals surface area contributed by atoms with Gasteiger partial charge in [-0.3, -0.25) is 9.69 Å². The van der Waals surface area contributed by atoms with Gasteiger partial charge in [0.2, 0.25) is 5.91 Å². The first-order chi connectivity index (χ1) is 9.04. The summed E-state index contributed by atoms with van der Waals surface area (Å²) in [5, 5.41) is 8.82. The van der Waals surface area contributed by atoms with Crippen molar-refractivity contribution in [2.75, 3.05) is 18.5 Å². The highest BCUT2D eigenvalue weighted by atomic mass is 19.1. The zero-order valence-electron chi connectivity index (χ0n) is 11.0. The van der Waals surface area contributed by atoms with Gasteiger partial charge in [-0.25, -0.2) is 4.39 Å². The smallest absolute Gasteiger partial charge is 0.245 e. The number of amides is 1. The van der Waals surface area contributed by atoms with Crippen LogP contribution in [0.3, 0.4) is 0 Å². The standard InChI is InChI=1S/C14H16FN3O/c1-10-9-17(2)13(7-8-16)14(19)18(10)12-5-3-11(15)4-6-12/h3-6,10,13H,7,9H2,1-2H3. The maximum absolute atomic E-state index is 13.0. The highest BCUT2D eigenvalue weighted by Crippen LogP contribution is 2.25. The van der Waals surface area contributed by atoms with E-state index in [4.69, 9.17) is 5.26 Å². The molecule has 1 amide bonds. The SMILES string of the molecule is CC1CN(C)C(CC#N)C(=O)N1c1ccc(F)cc1. The number of halogens is 1. The summed E-state index contributed by atoms with van der Waals surface area (Å²) >= 11 is 0. The molecule has 1 aliphatic heterocycles. The largest absolute Gasteiger partial charge is 0.307 e. The Morgan fingerprint density at radius 3 is 2.63 bits per heavy atom. The number of hydrogen-bond acceptors (Lipinski definition) is 3. The number of rotatable bonds is 2. The van der Waals surface area contributed by atoms with E-state index in [0.29, 0.717) is 12.2 Å². The molecule has 2 atom stereocenters. The molecular weight excluding hydrogens is 245 g/mol. The van der Waals surface area contributed by atoms with Crippen LogP contribution in [0.5, 0.6) is 0 Å². The summed E-state index contributed by atoms with van der Waals surface area (Å²) in [6, 6.07) is 7.49. The zero-order valence-corrected chi connectivity index (χ0v) is 11.0. The Bertz CT molecular complexity index is 508. The molecule has 1 fully saturated rings. The van der Waals surface area contributed by atoms with E-state index < -0.39 is 6.04 Å². The topological polar surface area (TPSA) is 47.3 Å². The van der Waals surface area contributed by atoms with Crippen LogP contribution in [0.15, 0.2) is 24.3 Å². The number of nitrogens with zero attached hydrogens (tertiary/aromatic N) is 3. The van der Waals surface area contributed by atoms with Crippen LogP contribution >= 0.6 is 0 Å². The minimum Gasteiger partial charge on any atom is -0.307 e. The Labute approximate surface area is 112 Å². The molecule has 100 valence electrons. The number of hydrogen-bond donors (Lipinski definition) is 0. The second kappa shape index (κ2) is 5.37. The quantitative estimate of drug-likeness (QED) is 0.815. The van der Waals surface area contributed by atoms with Gasteiger partial charge in [0.05, 0.1) is 12.5 Å². The molecular formula is C14H16FN3O. The number of carbonyl (C=O) groups excluding carboxylic acids is 1.